The van der Waals surface area contributed by atoms with Crippen LogP contribution in [0.15, 0.2) is 59.5 Å². The van der Waals surface area contributed by atoms with Gasteiger partial charge in [-0.05, 0) is 37.5 Å². The Morgan fingerprint density at radius 2 is 1.65 bits per heavy atom. The van der Waals surface area contributed by atoms with Gasteiger partial charge in [-0.25, -0.2) is 8.42 Å². The maximum atomic E-state index is 13.5. The SMILES string of the molecule is Cc1ccc(S(=O)(=O)N2[C@H]3CCC[C@H](C(=O)C3)[C@H]2c2ccccc2)cc1. The van der Waals surface area contributed by atoms with Crippen molar-refractivity contribution >= 4 is 15.8 Å². The van der Waals surface area contributed by atoms with Gasteiger partial charge >= 0.3 is 0 Å². The fourth-order valence-electron chi connectivity index (χ4n) is 4.38. The highest BCUT2D eigenvalue weighted by Crippen LogP contribution is 2.46. The van der Waals surface area contributed by atoms with Gasteiger partial charge in [-0.15, -0.1) is 0 Å². The number of carbonyl (C=O) groups is 1. The topological polar surface area (TPSA) is 54.5 Å². The number of Topliss-reactive ketones (excluding diaryl/α,β-unsaturated/α-hetero) is 1. The fraction of sp³-hybridized carbons (Fsp3) is 0.381. The van der Waals surface area contributed by atoms with Crippen LogP contribution in [0.4, 0.5) is 0 Å². The summed E-state index contributed by atoms with van der Waals surface area (Å²) in [6.45, 7) is 1.94. The molecule has 3 atom stereocenters. The molecule has 1 aliphatic carbocycles. The summed E-state index contributed by atoms with van der Waals surface area (Å²) in [5.41, 5.74) is 1.93. The van der Waals surface area contributed by atoms with E-state index in [1.54, 1.807) is 16.4 Å². The third-order valence-electron chi connectivity index (χ3n) is 5.66. The van der Waals surface area contributed by atoms with Crippen LogP contribution in [0.5, 0.6) is 0 Å². The highest BCUT2D eigenvalue weighted by atomic mass is 32.2. The largest absolute Gasteiger partial charge is 0.299 e. The van der Waals surface area contributed by atoms with Crippen LogP contribution in [0.2, 0.25) is 0 Å². The smallest absolute Gasteiger partial charge is 0.243 e. The summed E-state index contributed by atoms with van der Waals surface area (Å²) in [5, 5.41) is 0. The van der Waals surface area contributed by atoms with Crippen LogP contribution in [0.25, 0.3) is 0 Å². The predicted molar refractivity (Wildman–Crippen MR) is 100 cm³/mol. The molecule has 0 N–H and O–H groups in total. The summed E-state index contributed by atoms with van der Waals surface area (Å²) in [5.74, 6) is -0.0481. The van der Waals surface area contributed by atoms with E-state index in [9.17, 15) is 13.2 Å². The number of carbonyl (C=O) groups excluding carboxylic acids is 1. The van der Waals surface area contributed by atoms with Crippen molar-refractivity contribution in [2.24, 2.45) is 5.92 Å². The fourth-order valence-corrected chi connectivity index (χ4v) is 6.25. The van der Waals surface area contributed by atoms with Crippen LogP contribution in [-0.4, -0.2) is 24.5 Å². The first kappa shape index (κ1) is 17.4. The maximum Gasteiger partial charge on any atom is 0.243 e. The lowest BCUT2D eigenvalue weighted by Crippen LogP contribution is -2.50. The summed E-state index contributed by atoms with van der Waals surface area (Å²) >= 11 is 0. The molecule has 2 aromatic carbocycles. The number of sulfonamides is 1. The van der Waals surface area contributed by atoms with Crippen molar-refractivity contribution < 1.29 is 13.2 Å². The third kappa shape index (κ3) is 2.89. The summed E-state index contributed by atoms with van der Waals surface area (Å²) < 4.78 is 28.7. The van der Waals surface area contributed by atoms with E-state index in [4.69, 9.17) is 0 Å². The van der Waals surface area contributed by atoms with E-state index in [-0.39, 0.29) is 17.7 Å². The predicted octanol–water partition coefficient (Wildman–Crippen LogP) is 3.87. The van der Waals surface area contributed by atoms with E-state index < -0.39 is 16.1 Å². The molecule has 2 aliphatic heterocycles. The molecular formula is C21H23NO3S. The number of ketones is 1. The van der Waals surface area contributed by atoms with E-state index >= 15 is 0 Å². The molecule has 2 saturated heterocycles. The van der Waals surface area contributed by atoms with Gasteiger partial charge < -0.3 is 0 Å². The number of nitrogens with zero attached hydrogens (tertiary/aromatic N) is 1. The van der Waals surface area contributed by atoms with Gasteiger partial charge in [0.15, 0.2) is 0 Å². The molecule has 5 heteroatoms. The number of hydrogen-bond acceptors (Lipinski definition) is 3. The molecular weight excluding hydrogens is 346 g/mol. The Hall–Kier alpha value is -1.98. The molecule has 0 unspecified atom stereocenters. The molecule has 2 bridgehead atoms. The van der Waals surface area contributed by atoms with Crippen molar-refractivity contribution in [1.29, 1.82) is 0 Å². The monoisotopic (exact) mass is 369 g/mol. The summed E-state index contributed by atoms with van der Waals surface area (Å²) in [7, 11) is -3.67. The third-order valence-corrected chi connectivity index (χ3v) is 7.60. The minimum absolute atomic E-state index is 0.205. The van der Waals surface area contributed by atoms with E-state index in [0.29, 0.717) is 11.3 Å². The van der Waals surface area contributed by atoms with Gasteiger partial charge in [0.2, 0.25) is 10.0 Å². The lowest BCUT2D eigenvalue weighted by molar-refractivity contribution is -0.128. The Morgan fingerprint density at radius 3 is 2.35 bits per heavy atom. The molecule has 0 amide bonds. The van der Waals surface area contributed by atoms with E-state index in [1.165, 1.54) is 0 Å². The second-order valence-electron chi connectivity index (χ2n) is 7.37. The van der Waals surface area contributed by atoms with Gasteiger partial charge in [-0.1, -0.05) is 54.4 Å². The van der Waals surface area contributed by atoms with Gasteiger partial charge in [0.1, 0.15) is 5.78 Å². The Kier molecular flexibility index (Phi) is 4.45. The molecule has 0 aromatic heterocycles. The Morgan fingerprint density at radius 1 is 0.962 bits per heavy atom. The first-order valence-electron chi connectivity index (χ1n) is 9.16. The molecule has 5 rings (SSSR count). The van der Waals surface area contributed by atoms with Gasteiger partial charge in [0, 0.05) is 18.4 Å². The van der Waals surface area contributed by atoms with Crippen molar-refractivity contribution in [2.75, 3.05) is 0 Å². The Bertz CT molecular complexity index is 906. The minimum atomic E-state index is -3.67. The number of piperidine rings is 1. The van der Waals surface area contributed by atoms with Crippen molar-refractivity contribution in [1.82, 2.24) is 4.31 Å². The molecule has 0 radical (unpaired) electrons. The average molecular weight is 369 g/mol. The summed E-state index contributed by atoms with van der Waals surface area (Å²) in [4.78, 5) is 13.0. The second kappa shape index (κ2) is 6.63. The van der Waals surface area contributed by atoms with Gasteiger partial charge in [-0.3, -0.25) is 4.79 Å². The number of aryl methyl sites for hydroxylation is 1. The highest BCUT2D eigenvalue weighted by molar-refractivity contribution is 7.89. The molecule has 0 spiro atoms. The van der Waals surface area contributed by atoms with Crippen molar-refractivity contribution in [2.45, 2.75) is 49.6 Å². The van der Waals surface area contributed by atoms with Gasteiger partial charge in [0.05, 0.1) is 10.9 Å². The summed E-state index contributed by atoms with van der Waals surface area (Å²) in [6, 6.07) is 16.0. The lowest BCUT2D eigenvalue weighted by atomic mass is 9.83. The van der Waals surface area contributed by atoms with Crippen LogP contribution in [0.3, 0.4) is 0 Å². The van der Waals surface area contributed by atoms with Gasteiger partial charge in [0.25, 0.3) is 0 Å². The van der Waals surface area contributed by atoms with Crippen molar-refractivity contribution in [3.8, 4) is 0 Å². The van der Waals surface area contributed by atoms with Crippen LogP contribution < -0.4 is 0 Å². The molecule has 26 heavy (non-hydrogen) atoms. The molecule has 1 saturated carbocycles. The molecule has 3 fully saturated rings. The van der Waals surface area contributed by atoms with Crippen LogP contribution >= 0.6 is 0 Å². The minimum Gasteiger partial charge on any atom is -0.299 e. The zero-order chi connectivity index (χ0) is 18.3. The zero-order valence-corrected chi connectivity index (χ0v) is 15.7. The molecule has 2 heterocycles. The van der Waals surface area contributed by atoms with E-state index in [2.05, 4.69) is 0 Å². The van der Waals surface area contributed by atoms with Gasteiger partial charge in [-0.2, -0.15) is 4.31 Å². The van der Waals surface area contributed by atoms with Crippen LogP contribution in [0, 0.1) is 12.8 Å². The van der Waals surface area contributed by atoms with E-state index in [0.717, 1.165) is 30.4 Å². The second-order valence-corrected chi connectivity index (χ2v) is 9.21. The van der Waals surface area contributed by atoms with Crippen molar-refractivity contribution in [3.63, 3.8) is 0 Å². The molecule has 2 aromatic rings. The first-order valence-corrected chi connectivity index (χ1v) is 10.6. The Labute approximate surface area is 154 Å². The highest BCUT2D eigenvalue weighted by Gasteiger charge is 2.50. The molecule has 4 nitrogen and oxygen atoms in total. The molecule has 3 aliphatic rings. The average Bonchev–Trinajstić information content (AvgIpc) is 2.94. The normalized spacial score (nSPS) is 26.7. The number of hydrogen-bond donors (Lipinski definition) is 0. The quantitative estimate of drug-likeness (QED) is 0.825. The summed E-state index contributed by atoms with van der Waals surface area (Å²) in [6.07, 6.45) is 2.73. The maximum absolute atomic E-state index is 13.5. The van der Waals surface area contributed by atoms with E-state index in [1.807, 2.05) is 49.4 Å². The lowest BCUT2D eigenvalue weighted by Gasteiger charge is -2.42. The van der Waals surface area contributed by atoms with Crippen molar-refractivity contribution in [3.05, 3.63) is 65.7 Å². The van der Waals surface area contributed by atoms with Crippen LogP contribution in [-0.2, 0) is 14.8 Å². The Balaban J connectivity index is 1.86. The number of fused-ring (bicyclic) bond motifs is 4. The zero-order valence-electron chi connectivity index (χ0n) is 14.8. The number of rotatable bonds is 3. The number of benzene rings is 2. The molecule has 136 valence electrons. The van der Waals surface area contributed by atoms with Crippen LogP contribution in [0.1, 0.15) is 42.9 Å². The standard InChI is InChI=1S/C21H23NO3S/c1-15-10-12-18(13-11-15)26(24,25)22-17-8-5-9-19(20(23)14-17)21(22)16-6-3-2-4-7-16/h2-4,6-7,10-13,17,19,21H,5,8-9,14H2,1H3/t17-,19+,21+/m0/s1. The first-order chi connectivity index (χ1) is 12.5.